The highest BCUT2D eigenvalue weighted by molar-refractivity contribution is 5.84. The standard InChI is InChI=1S/C18H25N3/c1-4-12-21(13-5-1)14-6-10-19-15-18-17-8-3-2-7-16(17)9-11-20-18/h2-3,7-9,11,19H,1,4-6,10,12-15H2. The van der Waals surface area contributed by atoms with Gasteiger partial charge in [0.15, 0.2) is 0 Å². The summed E-state index contributed by atoms with van der Waals surface area (Å²) in [5.74, 6) is 0. The lowest BCUT2D eigenvalue weighted by Gasteiger charge is -2.26. The molecule has 3 nitrogen and oxygen atoms in total. The molecular weight excluding hydrogens is 258 g/mol. The summed E-state index contributed by atoms with van der Waals surface area (Å²) in [6.45, 7) is 5.76. The maximum absolute atomic E-state index is 4.52. The highest BCUT2D eigenvalue weighted by Crippen LogP contribution is 2.15. The van der Waals surface area contributed by atoms with Crippen LogP contribution in [0.25, 0.3) is 10.8 Å². The zero-order valence-electron chi connectivity index (χ0n) is 12.7. The Hall–Kier alpha value is -1.45. The third-order valence-electron chi connectivity index (χ3n) is 4.33. The van der Waals surface area contributed by atoms with Crippen LogP contribution < -0.4 is 5.32 Å². The summed E-state index contributed by atoms with van der Waals surface area (Å²) in [6, 6.07) is 10.6. The SMILES string of the molecule is c1ccc2c(CNCCCN3CCCCC3)nccc2c1. The molecule has 0 atom stereocenters. The van der Waals surface area contributed by atoms with Gasteiger partial charge in [-0.05, 0) is 56.9 Å². The number of likely N-dealkylation sites (tertiary alicyclic amines) is 1. The predicted octanol–water partition coefficient (Wildman–Crippen LogP) is 3.20. The van der Waals surface area contributed by atoms with Crippen LogP contribution in [0.2, 0.25) is 0 Å². The topological polar surface area (TPSA) is 28.2 Å². The van der Waals surface area contributed by atoms with Crippen molar-refractivity contribution in [1.29, 1.82) is 0 Å². The smallest absolute Gasteiger partial charge is 0.0619 e. The number of fused-ring (bicyclic) bond motifs is 1. The van der Waals surface area contributed by atoms with Gasteiger partial charge in [-0.15, -0.1) is 0 Å². The Bertz CT molecular complexity index is 556. The summed E-state index contributed by atoms with van der Waals surface area (Å²) in [6.07, 6.45) is 7.32. The second-order valence-electron chi connectivity index (χ2n) is 5.91. The number of pyridine rings is 1. The quantitative estimate of drug-likeness (QED) is 0.825. The van der Waals surface area contributed by atoms with Crippen LogP contribution in [-0.2, 0) is 6.54 Å². The Labute approximate surface area is 127 Å². The molecule has 1 aliphatic rings. The molecule has 0 aliphatic carbocycles. The molecule has 21 heavy (non-hydrogen) atoms. The van der Waals surface area contributed by atoms with Crippen molar-refractivity contribution in [3.63, 3.8) is 0 Å². The fraction of sp³-hybridized carbons (Fsp3) is 0.500. The van der Waals surface area contributed by atoms with Crippen LogP contribution in [0.15, 0.2) is 36.5 Å². The van der Waals surface area contributed by atoms with E-state index < -0.39 is 0 Å². The minimum Gasteiger partial charge on any atom is -0.311 e. The van der Waals surface area contributed by atoms with E-state index in [4.69, 9.17) is 0 Å². The van der Waals surface area contributed by atoms with Gasteiger partial charge in [0.25, 0.3) is 0 Å². The van der Waals surface area contributed by atoms with Gasteiger partial charge < -0.3 is 10.2 Å². The maximum atomic E-state index is 4.52. The minimum atomic E-state index is 0.862. The van der Waals surface area contributed by atoms with Gasteiger partial charge in [-0.1, -0.05) is 30.7 Å². The van der Waals surface area contributed by atoms with Crippen LogP contribution in [0.4, 0.5) is 0 Å². The number of nitrogens with zero attached hydrogens (tertiary/aromatic N) is 2. The first-order chi connectivity index (χ1) is 10.4. The van der Waals surface area contributed by atoms with E-state index in [2.05, 4.69) is 45.5 Å². The van der Waals surface area contributed by atoms with Crippen LogP contribution >= 0.6 is 0 Å². The molecule has 2 aromatic rings. The lowest BCUT2D eigenvalue weighted by Crippen LogP contribution is -2.32. The second kappa shape index (κ2) is 7.53. The molecule has 0 bridgehead atoms. The monoisotopic (exact) mass is 283 g/mol. The van der Waals surface area contributed by atoms with Gasteiger partial charge in [0.2, 0.25) is 0 Å². The third-order valence-corrected chi connectivity index (χ3v) is 4.33. The summed E-state index contributed by atoms with van der Waals surface area (Å²) in [4.78, 5) is 7.12. The van der Waals surface area contributed by atoms with Crippen LogP contribution in [0.1, 0.15) is 31.4 Å². The molecule has 1 N–H and O–H groups in total. The maximum Gasteiger partial charge on any atom is 0.0619 e. The normalized spacial score (nSPS) is 16.4. The highest BCUT2D eigenvalue weighted by atomic mass is 15.1. The molecule has 0 unspecified atom stereocenters. The van der Waals surface area contributed by atoms with Crippen molar-refractivity contribution in [2.24, 2.45) is 0 Å². The van der Waals surface area contributed by atoms with Crippen molar-refractivity contribution < 1.29 is 0 Å². The molecule has 112 valence electrons. The van der Waals surface area contributed by atoms with Crippen molar-refractivity contribution in [3.8, 4) is 0 Å². The van der Waals surface area contributed by atoms with Gasteiger partial charge in [-0.25, -0.2) is 0 Å². The Kier molecular flexibility index (Phi) is 5.19. The average molecular weight is 283 g/mol. The van der Waals surface area contributed by atoms with Crippen LogP contribution in [0.5, 0.6) is 0 Å². The van der Waals surface area contributed by atoms with E-state index in [9.17, 15) is 0 Å². The van der Waals surface area contributed by atoms with Crippen LogP contribution in [-0.4, -0.2) is 36.1 Å². The third kappa shape index (κ3) is 4.02. The van der Waals surface area contributed by atoms with Crippen molar-refractivity contribution in [2.45, 2.75) is 32.2 Å². The van der Waals surface area contributed by atoms with Gasteiger partial charge in [-0.3, -0.25) is 4.98 Å². The number of piperidine rings is 1. The van der Waals surface area contributed by atoms with Crippen molar-refractivity contribution in [1.82, 2.24) is 15.2 Å². The molecule has 1 fully saturated rings. The number of aromatic nitrogens is 1. The Morgan fingerprint density at radius 1 is 1.05 bits per heavy atom. The molecule has 0 saturated carbocycles. The first kappa shape index (κ1) is 14.5. The largest absolute Gasteiger partial charge is 0.311 e. The van der Waals surface area contributed by atoms with Crippen molar-refractivity contribution in [3.05, 3.63) is 42.2 Å². The van der Waals surface area contributed by atoms with E-state index in [0.717, 1.165) is 18.8 Å². The Morgan fingerprint density at radius 2 is 1.90 bits per heavy atom. The van der Waals surface area contributed by atoms with E-state index in [0.29, 0.717) is 0 Å². The molecule has 1 aliphatic heterocycles. The second-order valence-corrected chi connectivity index (χ2v) is 5.91. The molecule has 0 spiro atoms. The molecule has 1 aromatic carbocycles. The van der Waals surface area contributed by atoms with Crippen LogP contribution in [0, 0.1) is 0 Å². The van der Waals surface area contributed by atoms with E-state index in [-0.39, 0.29) is 0 Å². The lowest BCUT2D eigenvalue weighted by molar-refractivity contribution is 0.225. The Morgan fingerprint density at radius 3 is 2.81 bits per heavy atom. The Balaban J connectivity index is 1.44. The lowest BCUT2D eigenvalue weighted by atomic mass is 10.1. The molecule has 2 heterocycles. The first-order valence-electron chi connectivity index (χ1n) is 8.19. The fourth-order valence-corrected chi connectivity index (χ4v) is 3.14. The predicted molar refractivity (Wildman–Crippen MR) is 88.4 cm³/mol. The van der Waals surface area contributed by atoms with Gasteiger partial charge >= 0.3 is 0 Å². The summed E-state index contributed by atoms with van der Waals surface area (Å²) in [5.41, 5.74) is 1.16. The zero-order valence-corrected chi connectivity index (χ0v) is 12.7. The molecule has 3 rings (SSSR count). The highest BCUT2D eigenvalue weighted by Gasteiger charge is 2.08. The van der Waals surface area contributed by atoms with E-state index in [1.807, 2.05) is 6.20 Å². The van der Waals surface area contributed by atoms with Gasteiger partial charge in [0.05, 0.1) is 5.69 Å². The summed E-state index contributed by atoms with van der Waals surface area (Å²) in [5, 5.41) is 6.09. The van der Waals surface area contributed by atoms with E-state index >= 15 is 0 Å². The molecule has 0 radical (unpaired) electrons. The summed E-state index contributed by atoms with van der Waals surface area (Å²) in [7, 11) is 0. The van der Waals surface area contributed by atoms with E-state index in [1.54, 1.807) is 0 Å². The van der Waals surface area contributed by atoms with Crippen molar-refractivity contribution in [2.75, 3.05) is 26.2 Å². The summed E-state index contributed by atoms with van der Waals surface area (Å²) < 4.78 is 0. The number of benzene rings is 1. The zero-order chi connectivity index (χ0) is 14.3. The van der Waals surface area contributed by atoms with Gasteiger partial charge in [0, 0.05) is 18.1 Å². The van der Waals surface area contributed by atoms with Crippen molar-refractivity contribution >= 4 is 10.8 Å². The number of hydrogen-bond acceptors (Lipinski definition) is 3. The molecule has 1 aromatic heterocycles. The molecule has 3 heteroatoms. The number of nitrogens with one attached hydrogen (secondary N) is 1. The minimum absolute atomic E-state index is 0.862. The number of rotatable bonds is 6. The van der Waals surface area contributed by atoms with Gasteiger partial charge in [0.1, 0.15) is 0 Å². The molecule has 0 amide bonds. The van der Waals surface area contributed by atoms with E-state index in [1.165, 1.54) is 56.1 Å². The molecule has 1 saturated heterocycles. The van der Waals surface area contributed by atoms with Crippen LogP contribution in [0.3, 0.4) is 0 Å². The summed E-state index contributed by atoms with van der Waals surface area (Å²) >= 11 is 0. The number of hydrogen-bond donors (Lipinski definition) is 1. The van der Waals surface area contributed by atoms with Gasteiger partial charge in [-0.2, -0.15) is 0 Å². The average Bonchev–Trinajstić information content (AvgIpc) is 2.56. The first-order valence-corrected chi connectivity index (χ1v) is 8.19. The molecular formula is C18H25N3. The fourth-order valence-electron chi connectivity index (χ4n) is 3.14.